The smallest absolute Gasteiger partial charge is 0.226 e. The topological polar surface area (TPSA) is 63.1 Å². The minimum atomic E-state index is -0.321. The van der Waals surface area contributed by atoms with Crippen LogP contribution in [0.2, 0.25) is 0 Å². The third-order valence-corrected chi connectivity index (χ3v) is 6.01. The molecule has 0 radical (unpaired) electrons. The number of carbonyl (C=O) groups excluding carboxylic acids is 2. The molecule has 2 N–H and O–H groups in total. The van der Waals surface area contributed by atoms with Crippen molar-refractivity contribution in [3.63, 3.8) is 0 Å². The average Bonchev–Trinajstić information content (AvgIpc) is 3.33. The number of hydrogen-bond donors (Lipinski definition) is 2. The summed E-state index contributed by atoms with van der Waals surface area (Å²) in [4.78, 5) is 25.2. The molecular weight excluding hydrogens is 382 g/mol. The Bertz CT molecular complexity index is 1180. The number of nitrogens with zero attached hydrogens (tertiary/aromatic N) is 1. The van der Waals surface area contributed by atoms with Gasteiger partial charge in [-0.05, 0) is 42.6 Å². The lowest BCUT2D eigenvalue weighted by Crippen LogP contribution is -2.29. The minimum absolute atomic E-state index is 0.129. The van der Waals surface area contributed by atoms with Crippen LogP contribution in [0.5, 0.6) is 0 Å². The van der Waals surface area contributed by atoms with E-state index in [1.165, 1.54) is 29.2 Å². The fourth-order valence-electron chi connectivity index (χ4n) is 3.83. The van der Waals surface area contributed by atoms with Crippen molar-refractivity contribution in [2.45, 2.75) is 32.9 Å². The highest BCUT2D eigenvalue weighted by atomic mass is 32.1. The van der Waals surface area contributed by atoms with E-state index < -0.39 is 0 Å². The molecule has 0 saturated heterocycles. The van der Waals surface area contributed by atoms with Crippen LogP contribution < -0.4 is 10.6 Å². The number of carbonyl (C=O) groups is 2. The molecule has 5 nitrogen and oxygen atoms in total. The molecule has 1 unspecified atom stereocenters. The Morgan fingerprint density at radius 2 is 1.83 bits per heavy atom. The Hall–Kier alpha value is -3.12. The summed E-state index contributed by atoms with van der Waals surface area (Å²) in [6.45, 7) is 4.49. The van der Waals surface area contributed by atoms with Gasteiger partial charge < -0.3 is 15.2 Å². The maximum absolute atomic E-state index is 12.7. The third-order valence-electron chi connectivity index (χ3n) is 5.03. The number of aryl methyl sites for hydroxylation is 1. The summed E-state index contributed by atoms with van der Waals surface area (Å²) in [7, 11) is 0. The first kappa shape index (κ1) is 19.2. The molecule has 6 heteroatoms. The Morgan fingerprint density at radius 1 is 1.03 bits per heavy atom. The molecule has 4 aromatic rings. The summed E-state index contributed by atoms with van der Waals surface area (Å²) in [5.41, 5.74) is 3.10. The lowest BCUT2D eigenvalue weighted by Gasteiger charge is -2.16. The van der Waals surface area contributed by atoms with Gasteiger partial charge in [-0.1, -0.05) is 24.3 Å². The fourth-order valence-corrected chi connectivity index (χ4v) is 4.61. The first-order chi connectivity index (χ1) is 14.1. The maximum atomic E-state index is 12.7. The first-order valence-electron chi connectivity index (χ1n) is 9.68. The second-order valence-electron chi connectivity index (χ2n) is 7.01. The number of fused-ring (bicyclic) bond motifs is 3. The highest BCUT2D eigenvalue weighted by Crippen LogP contribution is 2.31. The molecule has 1 atom stereocenters. The normalized spacial score (nSPS) is 12.2. The predicted octanol–water partition coefficient (Wildman–Crippen LogP) is 5.08. The summed E-state index contributed by atoms with van der Waals surface area (Å²) in [5, 5.41) is 10.1. The van der Waals surface area contributed by atoms with E-state index in [1.54, 1.807) is 0 Å². The molecule has 0 aliphatic heterocycles. The molecule has 0 aliphatic carbocycles. The molecule has 2 aromatic carbocycles. The third kappa shape index (κ3) is 3.89. The van der Waals surface area contributed by atoms with Crippen molar-refractivity contribution in [1.82, 2.24) is 9.88 Å². The molecule has 29 heavy (non-hydrogen) atoms. The molecule has 0 aliphatic rings. The van der Waals surface area contributed by atoms with E-state index in [4.69, 9.17) is 0 Å². The molecule has 4 rings (SSSR count). The van der Waals surface area contributed by atoms with Crippen LogP contribution in [0.15, 0.2) is 60.0 Å². The van der Waals surface area contributed by atoms with Gasteiger partial charge >= 0.3 is 0 Å². The average molecular weight is 406 g/mol. The number of aromatic nitrogens is 1. The first-order valence-corrected chi connectivity index (χ1v) is 10.6. The van der Waals surface area contributed by atoms with Crippen molar-refractivity contribution >= 4 is 50.6 Å². The highest BCUT2D eigenvalue weighted by Gasteiger charge is 2.18. The standard InChI is InChI=1S/C23H23N3O2S/c1-3-26-20-8-5-4-7-17(20)18-13-16(10-11-21(18)26)25-23(28)14-19(24-15(2)27)22-9-6-12-29-22/h4-13,19H,3,14H2,1-2H3,(H,24,27)(H,25,28). The van der Waals surface area contributed by atoms with E-state index in [0.29, 0.717) is 0 Å². The van der Waals surface area contributed by atoms with Crippen molar-refractivity contribution in [3.8, 4) is 0 Å². The van der Waals surface area contributed by atoms with E-state index in [1.807, 2.05) is 41.8 Å². The van der Waals surface area contributed by atoms with Crippen LogP contribution in [0, 0.1) is 0 Å². The number of nitrogens with one attached hydrogen (secondary N) is 2. The summed E-state index contributed by atoms with van der Waals surface area (Å²) < 4.78 is 2.28. The lowest BCUT2D eigenvalue weighted by atomic mass is 10.1. The maximum Gasteiger partial charge on any atom is 0.226 e. The number of benzene rings is 2. The minimum Gasteiger partial charge on any atom is -0.348 e. The van der Waals surface area contributed by atoms with Crippen molar-refractivity contribution in [3.05, 3.63) is 64.9 Å². The van der Waals surface area contributed by atoms with Crippen LogP contribution in [0.1, 0.15) is 31.2 Å². The molecule has 0 fully saturated rings. The van der Waals surface area contributed by atoms with Crippen molar-refractivity contribution < 1.29 is 9.59 Å². The monoisotopic (exact) mass is 405 g/mol. The van der Waals surface area contributed by atoms with Gasteiger partial charge in [0.25, 0.3) is 0 Å². The van der Waals surface area contributed by atoms with Gasteiger partial charge in [-0.25, -0.2) is 0 Å². The second kappa shape index (κ2) is 8.09. The highest BCUT2D eigenvalue weighted by molar-refractivity contribution is 7.10. The largest absolute Gasteiger partial charge is 0.348 e. The Labute approximate surface area is 173 Å². The Balaban J connectivity index is 1.59. The van der Waals surface area contributed by atoms with Gasteiger partial charge in [0, 0.05) is 45.8 Å². The zero-order valence-corrected chi connectivity index (χ0v) is 17.3. The molecule has 2 amide bonds. The van der Waals surface area contributed by atoms with Crippen LogP contribution in [0.25, 0.3) is 21.8 Å². The predicted molar refractivity (Wildman–Crippen MR) is 119 cm³/mol. The SMILES string of the molecule is CCn1c2ccccc2c2cc(NC(=O)CC(NC(C)=O)c3cccs3)ccc21. The quantitative estimate of drug-likeness (QED) is 0.470. The number of thiophene rings is 1. The second-order valence-corrected chi connectivity index (χ2v) is 7.99. The summed E-state index contributed by atoms with van der Waals surface area (Å²) in [6, 6.07) is 17.9. The molecule has 148 valence electrons. The summed E-state index contributed by atoms with van der Waals surface area (Å²) in [6.07, 6.45) is 0.189. The van der Waals surface area contributed by atoms with Crippen LogP contribution in [-0.2, 0) is 16.1 Å². The van der Waals surface area contributed by atoms with Crippen LogP contribution in [-0.4, -0.2) is 16.4 Å². The van der Waals surface area contributed by atoms with Gasteiger partial charge in [0.2, 0.25) is 11.8 Å². The fraction of sp³-hybridized carbons (Fsp3) is 0.217. The lowest BCUT2D eigenvalue weighted by molar-refractivity contribution is -0.120. The molecule has 2 aromatic heterocycles. The van der Waals surface area contributed by atoms with Crippen LogP contribution >= 0.6 is 11.3 Å². The van der Waals surface area contributed by atoms with E-state index >= 15 is 0 Å². The molecule has 2 heterocycles. The van der Waals surface area contributed by atoms with E-state index in [2.05, 4.69) is 40.3 Å². The van der Waals surface area contributed by atoms with Gasteiger partial charge in [0.1, 0.15) is 0 Å². The molecule has 0 saturated carbocycles. The van der Waals surface area contributed by atoms with Crippen molar-refractivity contribution in [1.29, 1.82) is 0 Å². The zero-order chi connectivity index (χ0) is 20.4. The summed E-state index contributed by atoms with van der Waals surface area (Å²) >= 11 is 1.53. The van der Waals surface area contributed by atoms with Gasteiger partial charge in [-0.3, -0.25) is 9.59 Å². The molecular formula is C23H23N3O2S. The van der Waals surface area contributed by atoms with E-state index in [-0.39, 0.29) is 24.3 Å². The van der Waals surface area contributed by atoms with E-state index in [9.17, 15) is 9.59 Å². The van der Waals surface area contributed by atoms with Crippen molar-refractivity contribution in [2.75, 3.05) is 5.32 Å². The number of rotatable bonds is 6. The van der Waals surface area contributed by atoms with Gasteiger partial charge in [-0.2, -0.15) is 0 Å². The Kier molecular flexibility index (Phi) is 5.36. The van der Waals surface area contributed by atoms with Crippen LogP contribution in [0.3, 0.4) is 0 Å². The zero-order valence-electron chi connectivity index (χ0n) is 16.4. The molecule has 0 bridgehead atoms. The van der Waals surface area contributed by atoms with E-state index in [0.717, 1.165) is 28.0 Å². The van der Waals surface area contributed by atoms with Crippen molar-refractivity contribution in [2.24, 2.45) is 0 Å². The number of amides is 2. The van der Waals surface area contributed by atoms with Gasteiger partial charge in [0.05, 0.1) is 12.5 Å². The summed E-state index contributed by atoms with van der Waals surface area (Å²) in [5.74, 6) is -0.277. The number of anilines is 1. The van der Waals surface area contributed by atoms with Crippen LogP contribution in [0.4, 0.5) is 5.69 Å². The van der Waals surface area contributed by atoms with Gasteiger partial charge in [-0.15, -0.1) is 11.3 Å². The Morgan fingerprint density at radius 3 is 2.55 bits per heavy atom. The number of para-hydroxylation sites is 1. The molecule has 0 spiro atoms. The van der Waals surface area contributed by atoms with Gasteiger partial charge in [0.15, 0.2) is 0 Å². The number of hydrogen-bond acceptors (Lipinski definition) is 3.